The zero-order chi connectivity index (χ0) is 19.6. The number of aromatic nitrogens is 1. The Hall–Kier alpha value is -2.97. The monoisotopic (exact) mass is 397 g/mol. The summed E-state index contributed by atoms with van der Waals surface area (Å²) in [7, 11) is -3.71. The summed E-state index contributed by atoms with van der Waals surface area (Å²) in [4.78, 5) is 16.9. The lowest BCUT2D eigenvalue weighted by atomic mass is 10.1. The Morgan fingerprint density at radius 2 is 1.86 bits per heavy atom. The summed E-state index contributed by atoms with van der Waals surface area (Å²) < 4.78 is 32.4. The molecule has 28 heavy (non-hydrogen) atoms. The Bertz CT molecular complexity index is 1050. The van der Waals surface area contributed by atoms with Gasteiger partial charge in [-0.2, -0.15) is 4.31 Å². The third-order valence-corrected chi connectivity index (χ3v) is 6.65. The lowest BCUT2D eigenvalue weighted by molar-refractivity contribution is -0.119. The molecule has 1 fully saturated rings. The van der Waals surface area contributed by atoms with Crippen LogP contribution in [0.5, 0.6) is 0 Å². The molecule has 144 valence electrons. The van der Waals surface area contributed by atoms with Crippen LogP contribution in [-0.2, 0) is 14.8 Å². The number of hydrogen-bond donors (Lipinski definition) is 1. The number of hydrogen-bond acceptors (Lipinski definition) is 5. The number of oxazole rings is 1. The summed E-state index contributed by atoms with van der Waals surface area (Å²) in [6.45, 7) is 0.333. The van der Waals surface area contributed by atoms with E-state index in [4.69, 9.17) is 4.42 Å². The second kappa shape index (κ2) is 7.57. The summed E-state index contributed by atoms with van der Waals surface area (Å²) in [5, 5.41) is 2.82. The van der Waals surface area contributed by atoms with E-state index in [9.17, 15) is 13.2 Å². The zero-order valence-corrected chi connectivity index (χ0v) is 15.8. The molecule has 0 radical (unpaired) electrons. The van der Waals surface area contributed by atoms with Crippen molar-refractivity contribution < 1.29 is 17.6 Å². The molecule has 8 heteroatoms. The molecule has 1 aliphatic heterocycles. The average Bonchev–Trinajstić information content (AvgIpc) is 3.42. The number of sulfonamides is 1. The first-order valence-electron chi connectivity index (χ1n) is 8.92. The van der Waals surface area contributed by atoms with E-state index in [1.807, 2.05) is 12.1 Å². The molecular formula is C20H19N3O4S. The highest BCUT2D eigenvalue weighted by Crippen LogP contribution is 2.27. The molecule has 2 aromatic carbocycles. The van der Waals surface area contributed by atoms with Gasteiger partial charge in [-0.25, -0.2) is 13.4 Å². The average molecular weight is 397 g/mol. The van der Waals surface area contributed by atoms with E-state index in [0.717, 1.165) is 5.56 Å². The van der Waals surface area contributed by atoms with E-state index in [2.05, 4.69) is 10.3 Å². The fourth-order valence-electron chi connectivity index (χ4n) is 3.32. The highest BCUT2D eigenvalue weighted by atomic mass is 32.2. The number of carbonyl (C=O) groups is 1. The number of nitrogens with one attached hydrogen (secondary N) is 1. The quantitative estimate of drug-likeness (QED) is 0.714. The first-order chi connectivity index (χ1) is 13.6. The van der Waals surface area contributed by atoms with E-state index >= 15 is 0 Å². The molecule has 0 saturated carbocycles. The first-order valence-corrected chi connectivity index (χ1v) is 10.4. The van der Waals surface area contributed by atoms with E-state index in [0.29, 0.717) is 30.8 Å². The largest absolute Gasteiger partial charge is 0.444 e. The topological polar surface area (TPSA) is 92.5 Å². The third-order valence-electron chi connectivity index (χ3n) is 4.73. The Morgan fingerprint density at radius 3 is 2.54 bits per heavy atom. The number of benzene rings is 2. The van der Waals surface area contributed by atoms with Gasteiger partial charge in [0.25, 0.3) is 0 Å². The van der Waals surface area contributed by atoms with Crippen molar-refractivity contribution in [3.63, 3.8) is 0 Å². The lowest BCUT2D eigenvalue weighted by Crippen LogP contribution is -2.43. The molecule has 1 aliphatic rings. The predicted molar refractivity (Wildman–Crippen MR) is 104 cm³/mol. The number of anilines is 1. The van der Waals surface area contributed by atoms with Crippen LogP contribution in [0.3, 0.4) is 0 Å². The van der Waals surface area contributed by atoms with Crippen LogP contribution < -0.4 is 5.32 Å². The lowest BCUT2D eigenvalue weighted by Gasteiger charge is -2.23. The van der Waals surface area contributed by atoms with Crippen molar-refractivity contribution in [1.82, 2.24) is 9.29 Å². The predicted octanol–water partition coefficient (Wildman–Crippen LogP) is 3.13. The minimum absolute atomic E-state index is 0.200. The molecular weight excluding hydrogens is 378 g/mol. The third kappa shape index (κ3) is 3.56. The molecule has 7 nitrogen and oxygen atoms in total. The summed E-state index contributed by atoms with van der Waals surface area (Å²) in [5.74, 6) is 0.304. The van der Waals surface area contributed by atoms with Gasteiger partial charge < -0.3 is 9.73 Å². The summed E-state index contributed by atoms with van der Waals surface area (Å²) in [6, 6.07) is 14.6. The van der Waals surface area contributed by atoms with Gasteiger partial charge >= 0.3 is 0 Å². The number of rotatable bonds is 5. The van der Waals surface area contributed by atoms with Crippen molar-refractivity contribution in [2.24, 2.45) is 0 Å². The zero-order valence-electron chi connectivity index (χ0n) is 15.0. The van der Waals surface area contributed by atoms with Crippen molar-refractivity contribution in [2.45, 2.75) is 23.8 Å². The van der Waals surface area contributed by atoms with Crippen molar-refractivity contribution in [3.8, 4) is 11.3 Å². The summed E-state index contributed by atoms with van der Waals surface area (Å²) in [6.07, 6.45) is 4.11. The van der Waals surface area contributed by atoms with Crippen LogP contribution in [-0.4, -0.2) is 36.2 Å². The van der Waals surface area contributed by atoms with Gasteiger partial charge in [0.05, 0.1) is 11.1 Å². The minimum Gasteiger partial charge on any atom is -0.444 e. The standard InChI is InChI=1S/C20H19N3O4S/c24-20(22-16-10-8-15(9-11-16)19-13-21-14-27-19)18-7-4-12-23(18)28(25,26)17-5-2-1-3-6-17/h1-3,5-6,8-11,13-14,18H,4,7,12H2,(H,22,24). The summed E-state index contributed by atoms with van der Waals surface area (Å²) in [5.41, 5.74) is 1.43. The molecule has 4 rings (SSSR count). The van der Waals surface area contributed by atoms with Crippen LogP contribution in [0.4, 0.5) is 5.69 Å². The molecule has 1 unspecified atom stereocenters. The summed E-state index contributed by atoms with van der Waals surface area (Å²) >= 11 is 0. The Morgan fingerprint density at radius 1 is 1.11 bits per heavy atom. The molecule has 1 amide bonds. The molecule has 3 aromatic rings. The number of carbonyl (C=O) groups excluding carboxylic acids is 1. The molecule has 1 saturated heterocycles. The van der Waals surface area contributed by atoms with Crippen LogP contribution in [0.2, 0.25) is 0 Å². The van der Waals surface area contributed by atoms with Gasteiger partial charge in [-0.15, -0.1) is 0 Å². The minimum atomic E-state index is -3.71. The molecule has 0 bridgehead atoms. The van der Waals surface area contributed by atoms with Crippen LogP contribution in [0.15, 0.2) is 76.5 Å². The van der Waals surface area contributed by atoms with E-state index < -0.39 is 16.1 Å². The van der Waals surface area contributed by atoms with Gasteiger partial charge in [0.2, 0.25) is 15.9 Å². The maximum absolute atomic E-state index is 12.9. The van der Waals surface area contributed by atoms with E-state index in [-0.39, 0.29) is 10.8 Å². The van der Waals surface area contributed by atoms with Crippen LogP contribution in [0.1, 0.15) is 12.8 Å². The fraction of sp³-hybridized carbons (Fsp3) is 0.200. The highest BCUT2D eigenvalue weighted by molar-refractivity contribution is 7.89. The molecule has 1 N–H and O–H groups in total. The second-order valence-electron chi connectivity index (χ2n) is 6.52. The SMILES string of the molecule is O=C(Nc1ccc(-c2cnco2)cc1)C1CCCN1S(=O)(=O)c1ccccc1. The van der Waals surface area contributed by atoms with Crippen LogP contribution in [0, 0.1) is 0 Å². The molecule has 0 spiro atoms. The molecule has 1 atom stereocenters. The number of amides is 1. The van der Waals surface area contributed by atoms with Crippen LogP contribution >= 0.6 is 0 Å². The van der Waals surface area contributed by atoms with Gasteiger partial charge in [-0.05, 0) is 49.2 Å². The second-order valence-corrected chi connectivity index (χ2v) is 8.41. The van der Waals surface area contributed by atoms with Gasteiger partial charge in [-0.3, -0.25) is 4.79 Å². The van der Waals surface area contributed by atoms with Crippen molar-refractivity contribution in [3.05, 3.63) is 67.2 Å². The molecule has 2 heterocycles. The van der Waals surface area contributed by atoms with Gasteiger partial charge in [0.15, 0.2) is 12.2 Å². The number of nitrogens with zero attached hydrogens (tertiary/aromatic N) is 2. The van der Waals surface area contributed by atoms with E-state index in [1.54, 1.807) is 48.7 Å². The first kappa shape index (κ1) is 18.4. The smallest absolute Gasteiger partial charge is 0.243 e. The van der Waals surface area contributed by atoms with Crippen molar-refractivity contribution in [2.75, 3.05) is 11.9 Å². The Labute approximate surface area is 163 Å². The van der Waals surface area contributed by atoms with E-state index in [1.165, 1.54) is 10.7 Å². The fourth-order valence-corrected chi connectivity index (χ4v) is 5.00. The normalized spacial score (nSPS) is 17.5. The van der Waals surface area contributed by atoms with Gasteiger partial charge in [0, 0.05) is 17.8 Å². The maximum Gasteiger partial charge on any atom is 0.243 e. The highest BCUT2D eigenvalue weighted by Gasteiger charge is 2.39. The maximum atomic E-state index is 12.9. The van der Waals surface area contributed by atoms with Crippen molar-refractivity contribution >= 4 is 21.6 Å². The van der Waals surface area contributed by atoms with Gasteiger partial charge in [0.1, 0.15) is 6.04 Å². The van der Waals surface area contributed by atoms with Gasteiger partial charge in [-0.1, -0.05) is 18.2 Å². The Balaban J connectivity index is 1.50. The molecule has 0 aliphatic carbocycles. The Kier molecular flexibility index (Phi) is 4.97. The molecule has 1 aromatic heterocycles. The van der Waals surface area contributed by atoms with Crippen LogP contribution in [0.25, 0.3) is 11.3 Å². The van der Waals surface area contributed by atoms with Crippen molar-refractivity contribution in [1.29, 1.82) is 0 Å².